The van der Waals surface area contributed by atoms with Crippen molar-refractivity contribution < 1.29 is 0 Å². The van der Waals surface area contributed by atoms with Crippen molar-refractivity contribution >= 4 is 27.3 Å². The van der Waals surface area contributed by atoms with E-state index in [4.69, 9.17) is 4.98 Å². The van der Waals surface area contributed by atoms with E-state index in [-0.39, 0.29) is 0 Å². The Morgan fingerprint density at radius 3 is 2.50 bits per heavy atom. The van der Waals surface area contributed by atoms with E-state index in [9.17, 15) is 0 Å². The van der Waals surface area contributed by atoms with E-state index < -0.39 is 0 Å². The molecule has 2 aromatic carbocycles. The fourth-order valence-electron chi connectivity index (χ4n) is 2.95. The van der Waals surface area contributed by atoms with Gasteiger partial charge in [0.2, 0.25) is 0 Å². The molecule has 4 rings (SSSR count). The fourth-order valence-corrected chi connectivity index (χ4v) is 2.95. The van der Waals surface area contributed by atoms with Crippen LogP contribution in [-0.2, 0) is 0 Å². The van der Waals surface area contributed by atoms with Crippen molar-refractivity contribution in [3.8, 4) is 0 Å². The predicted octanol–water partition coefficient (Wildman–Crippen LogP) is 4.76. The molecule has 98 valence electrons. The summed E-state index contributed by atoms with van der Waals surface area (Å²) in [5.41, 5.74) is 3.57. The van der Waals surface area contributed by atoms with Gasteiger partial charge in [-0.05, 0) is 18.2 Å². The zero-order valence-corrected chi connectivity index (χ0v) is 11.7. The summed E-state index contributed by atoms with van der Waals surface area (Å²) in [4.78, 5) is 4.89. The third kappa shape index (κ3) is 1.48. The van der Waals surface area contributed by atoms with E-state index in [0.29, 0.717) is 5.92 Å². The largest absolute Gasteiger partial charge is 0.297 e. The zero-order valence-electron chi connectivity index (χ0n) is 11.7. The quantitative estimate of drug-likeness (QED) is 0.482. The molecule has 0 aliphatic heterocycles. The maximum atomic E-state index is 4.89. The van der Waals surface area contributed by atoms with Crippen LogP contribution in [0.5, 0.6) is 0 Å². The summed E-state index contributed by atoms with van der Waals surface area (Å²) in [7, 11) is 0. The molecule has 0 aliphatic rings. The summed E-state index contributed by atoms with van der Waals surface area (Å²) >= 11 is 0. The fraction of sp³-hybridized carbons (Fsp3) is 0.167. The number of hydrogen-bond acceptors (Lipinski definition) is 1. The average Bonchev–Trinajstić information content (AvgIpc) is 2.86. The first kappa shape index (κ1) is 11.5. The number of benzene rings is 2. The van der Waals surface area contributed by atoms with Gasteiger partial charge in [0, 0.05) is 16.7 Å². The molecule has 2 nitrogen and oxygen atoms in total. The second kappa shape index (κ2) is 4.07. The lowest BCUT2D eigenvalue weighted by Crippen LogP contribution is -2.03. The van der Waals surface area contributed by atoms with Gasteiger partial charge in [-0.25, -0.2) is 4.98 Å². The average molecular weight is 260 g/mol. The lowest BCUT2D eigenvalue weighted by molar-refractivity contribution is 0.770. The van der Waals surface area contributed by atoms with Crippen LogP contribution in [0, 0.1) is 0 Å². The van der Waals surface area contributed by atoms with E-state index in [1.54, 1.807) is 0 Å². The maximum absolute atomic E-state index is 4.89. The van der Waals surface area contributed by atoms with Crippen LogP contribution < -0.4 is 0 Å². The molecule has 0 saturated carbocycles. The van der Waals surface area contributed by atoms with Crippen LogP contribution in [0.3, 0.4) is 0 Å². The molecule has 0 fully saturated rings. The van der Waals surface area contributed by atoms with Crippen molar-refractivity contribution in [3.05, 3.63) is 60.4 Å². The van der Waals surface area contributed by atoms with Gasteiger partial charge in [-0.3, -0.25) is 4.40 Å². The highest BCUT2D eigenvalue weighted by Crippen LogP contribution is 2.29. The molecule has 0 atom stereocenters. The number of aromatic nitrogens is 2. The number of nitrogens with zero attached hydrogens (tertiary/aromatic N) is 2. The molecule has 0 bridgehead atoms. The van der Waals surface area contributed by atoms with Crippen LogP contribution in [0.2, 0.25) is 0 Å². The summed E-state index contributed by atoms with van der Waals surface area (Å²) in [6, 6.07) is 19.2. The molecule has 2 aromatic heterocycles. The number of para-hydroxylation sites is 2. The molecule has 0 saturated heterocycles. The van der Waals surface area contributed by atoms with Gasteiger partial charge in [-0.1, -0.05) is 50.2 Å². The first-order valence-corrected chi connectivity index (χ1v) is 7.04. The van der Waals surface area contributed by atoms with Gasteiger partial charge >= 0.3 is 0 Å². The highest BCUT2D eigenvalue weighted by atomic mass is 15.0. The predicted molar refractivity (Wildman–Crippen MR) is 84.3 cm³/mol. The van der Waals surface area contributed by atoms with Crippen molar-refractivity contribution in [1.82, 2.24) is 9.38 Å². The Kier molecular flexibility index (Phi) is 2.34. The Labute approximate surface area is 117 Å². The van der Waals surface area contributed by atoms with Gasteiger partial charge in [-0.2, -0.15) is 0 Å². The molecule has 0 spiro atoms. The van der Waals surface area contributed by atoms with E-state index in [0.717, 1.165) is 11.3 Å². The second-order valence-corrected chi connectivity index (χ2v) is 5.57. The van der Waals surface area contributed by atoms with Crippen LogP contribution in [0.25, 0.3) is 27.3 Å². The summed E-state index contributed by atoms with van der Waals surface area (Å²) < 4.78 is 2.31. The molecule has 4 aromatic rings. The van der Waals surface area contributed by atoms with Crippen LogP contribution in [0.1, 0.15) is 25.6 Å². The zero-order chi connectivity index (χ0) is 13.7. The molecule has 20 heavy (non-hydrogen) atoms. The van der Waals surface area contributed by atoms with Gasteiger partial charge in [0.1, 0.15) is 5.82 Å². The number of fused-ring (bicyclic) bond motifs is 5. The summed E-state index contributed by atoms with van der Waals surface area (Å²) in [5, 5.41) is 2.49. The third-order valence-electron chi connectivity index (χ3n) is 3.87. The van der Waals surface area contributed by atoms with Gasteiger partial charge in [0.05, 0.1) is 16.6 Å². The molecule has 2 heteroatoms. The van der Waals surface area contributed by atoms with Crippen molar-refractivity contribution in [1.29, 1.82) is 0 Å². The van der Waals surface area contributed by atoms with Gasteiger partial charge in [0.15, 0.2) is 0 Å². The van der Waals surface area contributed by atoms with E-state index in [2.05, 4.69) is 72.8 Å². The molecule has 0 aliphatic carbocycles. The van der Waals surface area contributed by atoms with Crippen LogP contribution >= 0.6 is 0 Å². The van der Waals surface area contributed by atoms with Gasteiger partial charge < -0.3 is 0 Å². The molecular weight excluding hydrogens is 244 g/mol. The SMILES string of the molecule is CC(C)c1nc2ccccc2c2cc3ccccc3n12. The third-order valence-corrected chi connectivity index (χ3v) is 3.87. The lowest BCUT2D eigenvalue weighted by atomic mass is 10.1. The Hall–Kier alpha value is -2.35. The van der Waals surface area contributed by atoms with E-state index in [1.807, 2.05) is 0 Å². The Morgan fingerprint density at radius 2 is 1.65 bits per heavy atom. The van der Waals surface area contributed by atoms with Crippen LogP contribution in [0.4, 0.5) is 0 Å². The van der Waals surface area contributed by atoms with E-state index in [1.165, 1.54) is 21.8 Å². The molecule has 0 unspecified atom stereocenters. The molecule has 2 heterocycles. The first-order chi connectivity index (χ1) is 9.75. The van der Waals surface area contributed by atoms with Gasteiger partial charge in [-0.15, -0.1) is 0 Å². The van der Waals surface area contributed by atoms with Gasteiger partial charge in [0.25, 0.3) is 0 Å². The minimum Gasteiger partial charge on any atom is -0.297 e. The smallest absolute Gasteiger partial charge is 0.116 e. The normalized spacial score (nSPS) is 11.9. The summed E-state index contributed by atoms with van der Waals surface area (Å²) in [5.74, 6) is 1.51. The van der Waals surface area contributed by atoms with Crippen molar-refractivity contribution in [2.24, 2.45) is 0 Å². The Morgan fingerprint density at radius 1 is 0.900 bits per heavy atom. The Bertz CT molecular complexity index is 932. The van der Waals surface area contributed by atoms with Crippen molar-refractivity contribution in [3.63, 3.8) is 0 Å². The molecule has 0 amide bonds. The second-order valence-electron chi connectivity index (χ2n) is 5.57. The first-order valence-electron chi connectivity index (χ1n) is 7.04. The molecule has 0 N–H and O–H groups in total. The number of rotatable bonds is 1. The standard InChI is InChI=1S/C18H16N2/c1-12(2)18-19-15-9-5-4-8-14(15)17-11-13-7-3-6-10-16(13)20(17)18/h3-12H,1-2H3. The van der Waals surface area contributed by atoms with Crippen molar-refractivity contribution in [2.45, 2.75) is 19.8 Å². The van der Waals surface area contributed by atoms with Crippen LogP contribution in [-0.4, -0.2) is 9.38 Å². The monoisotopic (exact) mass is 260 g/mol. The molecule has 0 radical (unpaired) electrons. The number of hydrogen-bond donors (Lipinski definition) is 0. The topological polar surface area (TPSA) is 17.3 Å². The Balaban J connectivity index is 2.33. The highest BCUT2D eigenvalue weighted by molar-refractivity contribution is 6.00. The highest BCUT2D eigenvalue weighted by Gasteiger charge is 2.13. The van der Waals surface area contributed by atoms with E-state index >= 15 is 0 Å². The van der Waals surface area contributed by atoms with Crippen molar-refractivity contribution in [2.75, 3.05) is 0 Å². The van der Waals surface area contributed by atoms with Crippen LogP contribution in [0.15, 0.2) is 54.6 Å². The summed E-state index contributed by atoms with van der Waals surface area (Å²) in [6.45, 7) is 4.40. The summed E-state index contributed by atoms with van der Waals surface area (Å²) in [6.07, 6.45) is 0. The molecular formula is C18H16N2. The maximum Gasteiger partial charge on any atom is 0.116 e. The minimum absolute atomic E-state index is 0.387. The minimum atomic E-state index is 0.387. The lowest BCUT2D eigenvalue weighted by Gasteiger charge is -2.12.